The Balaban J connectivity index is 1.21. The van der Waals surface area contributed by atoms with Crippen molar-refractivity contribution < 1.29 is 19.0 Å². The monoisotopic (exact) mass is 507 g/mol. The molecule has 2 fully saturated rings. The van der Waals surface area contributed by atoms with Crippen molar-refractivity contribution in [1.82, 2.24) is 24.4 Å². The lowest BCUT2D eigenvalue weighted by atomic mass is 10.1. The molecular weight excluding hydrogens is 477 g/mol. The van der Waals surface area contributed by atoms with Crippen LogP contribution >= 0.6 is 0 Å². The number of pyridine rings is 1. The van der Waals surface area contributed by atoms with Gasteiger partial charge in [-0.3, -0.25) is 0 Å². The largest absolute Gasteiger partial charge is 0.491 e. The van der Waals surface area contributed by atoms with Crippen LogP contribution in [0.15, 0.2) is 42.9 Å². The van der Waals surface area contributed by atoms with E-state index >= 15 is 4.39 Å². The van der Waals surface area contributed by atoms with Crippen LogP contribution < -0.4 is 15.4 Å². The van der Waals surface area contributed by atoms with E-state index in [4.69, 9.17) is 20.2 Å². The lowest BCUT2D eigenvalue weighted by molar-refractivity contribution is -0.0411. The number of hydrogen-bond acceptors (Lipinski definition) is 9. The van der Waals surface area contributed by atoms with Gasteiger partial charge in [0, 0.05) is 37.3 Å². The van der Waals surface area contributed by atoms with Crippen LogP contribution in [0.2, 0.25) is 0 Å². The molecule has 6 rings (SSSR count). The van der Waals surface area contributed by atoms with E-state index in [9.17, 15) is 5.11 Å². The number of nitrogens with zero attached hydrogens (tertiary/aromatic N) is 6. The van der Waals surface area contributed by atoms with E-state index in [-0.39, 0.29) is 6.61 Å². The standard InChI is InChI=1S/C26H30FN7O3/c1-32(2)11-16-12-34(25-21(16)24(28)29-14-30-25)26-22(27)23(35)19(37-26)13-36-17-6-4-15-5-7-20(31-18(15)10-17)33-8-3-9-33/h4-7,10,12,14,19,22-23,26,35H,3,8-9,11,13H2,1-2H3,(H2,28,29,30)/t19-,22+,23-,26-/m1/s1. The number of anilines is 2. The van der Waals surface area contributed by atoms with Crippen LogP contribution in [0.4, 0.5) is 16.0 Å². The van der Waals surface area contributed by atoms with Gasteiger partial charge in [-0.2, -0.15) is 0 Å². The molecule has 0 aliphatic carbocycles. The molecule has 4 atom stereocenters. The minimum Gasteiger partial charge on any atom is -0.491 e. The maximum absolute atomic E-state index is 15.4. The molecule has 11 heteroatoms. The van der Waals surface area contributed by atoms with Crippen molar-refractivity contribution in [2.24, 2.45) is 0 Å². The summed E-state index contributed by atoms with van der Waals surface area (Å²) >= 11 is 0. The lowest BCUT2D eigenvalue weighted by Crippen LogP contribution is -2.37. The number of aromatic nitrogens is 4. The van der Waals surface area contributed by atoms with E-state index < -0.39 is 24.6 Å². The summed E-state index contributed by atoms with van der Waals surface area (Å²) in [4.78, 5) is 17.4. The van der Waals surface area contributed by atoms with Gasteiger partial charge in [0.15, 0.2) is 12.4 Å². The molecule has 2 saturated heterocycles. The van der Waals surface area contributed by atoms with Crippen LogP contribution in [-0.2, 0) is 11.3 Å². The topological polar surface area (TPSA) is 115 Å². The lowest BCUT2D eigenvalue weighted by Gasteiger charge is -2.32. The van der Waals surface area contributed by atoms with E-state index in [1.165, 1.54) is 12.7 Å². The predicted molar refractivity (Wildman–Crippen MR) is 138 cm³/mol. The molecule has 4 aromatic rings. The first-order valence-corrected chi connectivity index (χ1v) is 12.4. The summed E-state index contributed by atoms with van der Waals surface area (Å²) in [6.45, 7) is 2.58. The molecule has 194 valence electrons. The summed E-state index contributed by atoms with van der Waals surface area (Å²) in [6, 6.07) is 9.71. The van der Waals surface area contributed by atoms with Crippen molar-refractivity contribution >= 4 is 33.6 Å². The Hall–Kier alpha value is -3.54. The van der Waals surface area contributed by atoms with Crippen molar-refractivity contribution in [2.45, 2.75) is 37.6 Å². The second-order valence-electron chi connectivity index (χ2n) is 9.93. The maximum atomic E-state index is 15.4. The fraction of sp³-hybridized carbons (Fsp3) is 0.423. The number of ether oxygens (including phenoxy) is 2. The summed E-state index contributed by atoms with van der Waals surface area (Å²) in [5.74, 6) is 1.85. The molecule has 0 bridgehead atoms. The van der Waals surface area contributed by atoms with E-state index in [2.05, 4.69) is 14.9 Å². The van der Waals surface area contributed by atoms with Gasteiger partial charge in [0.1, 0.15) is 48.2 Å². The van der Waals surface area contributed by atoms with Crippen LogP contribution in [0.1, 0.15) is 18.2 Å². The van der Waals surface area contributed by atoms with Gasteiger partial charge >= 0.3 is 0 Å². The number of rotatable bonds is 7. The third kappa shape index (κ3) is 4.32. The van der Waals surface area contributed by atoms with E-state index in [1.807, 2.05) is 49.3 Å². The van der Waals surface area contributed by atoms with Gasteiger partial charge in [-0.15, -0.1) is 0 Å². The van der Waals surface area contributed by atoms with Crippen molar-refractivity contribution in [3.8, 4) is 5.75 Å². The molecule has 2 aliphatic heterocycles. The molecule has 0 unspecified atom stereocenters. The smallest absolute Gasteiger partial charge is 0.173 e. The van der Waals surface area contributed by atoms with E-state index in [0.717, 1.165) is 35.4 Å². The zero-order chi connectivity index (χ0) is 25.7. The van der Waals surface area contributed by atoms with Gasteiger partial charge in [0.25, 0.3) is 0 Å². The second-order valence-corrected chi connectivity index (χ2v) is 9.93. The highest BCUT2D eigenvalue weighted by Gasteiger charge is 2.46. The Labute approximate surface area is 213 Å². The Morgan fingerprint density at radius 3 is 2.78 bits per heavy atom. The number of halogens is 1. The SMILES string of the molecule is CN(C)Cc1cn([C@@H]2O[C@H](COc3ccc4ccc(N5CCC5)nc4c3)[C@@H](O)[C@@H]2F)c2ncnc(N)c12. The second kappa shape index (κ2) is 9.40. The minimum atomic E-state index is -1.68. The fourth-order valence-electron chi connectivity index (χ4n) is 4.98. The van der Waals surface area contributed by atoms with Gasteiger partial charge in [-0.1, -0.05) is 0 Å². The molecule has 0 saturated carbocycles. The Bertz CT molecular complexity index is 1440. The number of aliphatic hydroxyl groups is 1. The Morgan fingerprint density at radius 1 is 1.22 bits per heavy atom. The summed E-state index contributed by atoms with van der Waals surface area (Å²) in [5, 5.41) is 12.3. The van der Waals surface area contributed by atoms with Crippen LogP contribution in [-0.4, -0.2) is 81.7 Å². The van der Waals surface area contributed by atoms with Crippen molar-refractivity contribution in [2.75, 3.05) is 44.4 Å². The van der Waals surface area contributed by atoms with Gasteiger partial charge in [-0.25, -0.2) is 19.3 Å². The molecule has 10 nitrogen and oxygen atoms in total. The number of nitrogen functional groups attached to an aromatic ring is 1. The first kappa shape index (κ1) is 23.8. The molecule has 2 aliphatic rings. The summed E-state index contributed by atoms with van der Waals surface area (Å²) in [6.07, 6.45) is -0.694. The molecule has 3 aromatic heterocycles. The van der Waals surface area contributed by atoms with Crippen molar-refractivity contribution in [3.63, 3.8) is 0 Å². The van der Waals surface area contributed by atoms with Gasteiger partial charge in [0.05, 0.1) is 10.9 Å². The maximum Gasteiger partial charge on any atom is 0.173 e. The first-order chi connectivity index (χ1) is 17.9. The molecule has 1 aromatic carbocycles. The highest BCUT2D eigenvalue weighted by Crippen LogP contribution is 2.37. The van der Waals surface area contributed by atoms with Crippen molar-refractivity contribution in [1.29, 1.82) is 0 Å². The Kier molecular flexibility index (Phi) is 6.06. The normalized spacial score (nSPS) is 23.8. The quantitative estimate of drug-likeness (QED) is 0.389. The molecule has 37 heavy (non-hydrogen) atoms. The van der Waals surface area contributed by atoms with E-state index in [1.54, 1.807) is 10.8 Å². The van der Waals surface area contributed by atoms with Crippen LogP contribution in [0.3, 0.4) is 0 Å². The summed E-state index contributed by atoms with van der Waals surface area (Å²) < 4.78 is 28.9. The number of aliphatic hydroxyl groups excluding tert-OH is 1. The fourth-order valence-corrected chi connectivity index (χ4v) is 4.98. The molecule has 0 radical (unpaired) electrons. The summed E-state index contributed by atoms with van der Waals surface area (Å²) in [7, 11) is 3.86. The van der Waals surface area contributed by atoms with Crippen molar-refractivity contribution in [3.05, 3.63) is 48.4 Å². The number of alkyl halides is 1. The average molecular weight is 508 g/mol. The van der Waals surface area contributed by atoms with E-state index in [0.29, 0.717) is 29.1 Å². The van der Waals surface area contributed by atoms with Gasteiger partial charge in [0.2, 0.25) is 0 Å². The van der Waals surface area contributed by atoms with Crippen LogP contribution in [0.5, 0.6) is 5.75 Å². The molecule has 0 spiro atoms. The highest BCUT2D eigenvalue weighted by molar-refractivity contribution is 5.90. The average Bonchev–Trinajstić information content (AvgIpc) is 3.34. The predicted octanol–water partition coefficient (Wildman–Crippen LogP) is 2.51. The highest BCUT2D eigenvalue weighted by atomic mass is 19.1. The summed E-state index contributed by atoms with van der Waals surface area (Å²) in [5.41, 5.74) is 8.26. The zero-order valence-electron chi connectivity index (χ0n) is 20.8. The first-order valence-electron chi connectivity index (χ1n) is 12.4. The number of fused-ring (bicyclic) bond motifs is 2. The minimum absolute atomic E-state index is 0.0176. The Morgan fingerprint density at radius 2 is 2.03 bits per heavy atom. The molecule has 5 heterocycles. The van der Waals surface area contributed by atoms with Crippen LogP contribution in [0, 0.1) is 0 Å². The zero-order valence-corrected chi connectivity index (χ0v) is 20.8. The number of nitrogens with two attached hydrogens (primary N) is 1. The van der Waals surface area contributed by atoms with Crippen LogP contribution in [0.25, 0.3) is 21.9 Å². The number of hydrogen-bond donors (Lipinski definition) is 2. The molecular formula is C26H30FN7O3. The third-order valence-corrected chi connectivity index (χ3v) is 7.01. The third-order valence-electron chi connectivity index (χ3n) is 7.01. The van der Waals surface area contributed by atoms with Gasteiger partial charge in [-0.05, 0) is 50.3 Å². The molecule has 0 amide bonds. The van der Waals surface area contributed by atoms with Gasteiger partial charge < -0.3 is 34.7 Å². The molecule has 3 N–H and O–H groups in total. The number of benzene rings is 1.